The third kappa shape index (κ3) is 3.19. The quantitative estimate of drug-likeness (QED) is 0.936. The third-order valence-electron chi connectivity index (χ3n) is 4.84. The summed E-state index contributed by atoms with van der Waals surface area (Å²) in [6.07, 6.45) is 4.05. The molecule has 1 aliphatic heterocycles. The van der Waals surface area contributed by atoms with E-state index in [2.05, 4.69) is 22.3 Å². The lowest BCUT2D eigenvalue weighted by Gasteiger charge is -2.34. The van der Waals surface area contributed by atoms with Crippen molar-refractivity contribution in [1.82, 2.24) is 14.8 Å². The Bertz CT molecular complexity index is 715. The lowest BCUT2D eigenvalue weighted by Crippen LogP contribution is -2.40. The summed E-state index contributed by atoms with van der Waals surface area (Å²) in [7, 11) is 0. The number of carbonyl (C=O) groups is 1. The number of rotatable bonds is 4. The van der Waals surface area contributed by atoms with Gasteiger partial charge in [0.05, 0.1) is 23.0 Å². The zero-order valence-electron chi connectivity index (χ0n) is 14.5. The summed E-state index contributed by atoms with van der Waals surface area (Å²) < 4.78 is 7.20. The van der Waals surface area contributed by atoms with Crippen LogP contribution in [0.1, 0.15) is 37.6 Å². The molecule has 6 heteroatoms. The van der Waals surface area contributed by atoms with Crippen molar-refractivity contribution in [2.45, 2.75) is 40.0 Å². The number of hydrogen-bond acceptors (Lipinski definition) is 4. The van der Waals surface area contributed by atoms with Gasteiger partial charge in [-0.15, -0.1) is 0 Å². The van der Waals surface area contributed by atoms with Crippen molar-refractivity contribution in [2.75, 3.05) is 18.5 Å². The number of aromatic nitrogens is 3. The van der Waals surface area contributed by atoms with Gasteiger partial charge in [-0.05, 0) is 51.3 Å². The molecule has 3 heterocycles. The molecule has 0 spiro atoms. The number of nitrogens with one attached hydrogen (secondary N) is 1. The van der Waals surface area contributed by atoms with Gasteiger partial charge in [0.15, 0.2) is 5.82 Å². The monoisotopic (exact) mass is 328 g/mol. The van der Waals surface area contributed by atoms with E-state index < -0.39 is 0 Å². The average molecular weight is 328 g/mol. The summed E-state index contributed by atoms with van der Waals surface area (Å²) in [6, 6.07) is 5.75. The molecule has 6 nitrogen and oxygen atoms in total. The third-order valence-corrected chi connectivity index (χ3v) is 4.84. The van der Waals surface area contributed by atoms with Crippen molar-refractivity contribution < 1.29 is 9.53 Å². The number of nitrogens with zero attached hydrogens (tertiary/aromatic N) is 3. The molecule has 1 amide bonds. The molecule has 1 aliphatic rings. The Morgan fingerprint density at radius 3 is 2.62 bits per heavy atom. The zero-order valence-corrected chi connectivity index (χ0v) is 14.5. The maximum Gasteiger partial charge on any atom is 0.230 e. The van der Waals surface area contributed by atoms with Crippen LogP contribution in [0.5, 0.6) is 0 Å². The number of ether oxygens (including phenoxy) is 1. The SMILES string of the molecule is CCC1(C(=O)Nc2ccc(-n3nc(C)cc3C)nc2)CCOCC1. The highest BCUT2D eigenvalue weighted by atomic mass is 16.5. The van der Waals surface area contributed by atoms with E-state index in [1.165, 1.54) is 0 Å². The molecule has 0 radical (unpaired) electrons. The molecule has 3 rings (SSSR count). The van der Waals surface area contributed by atoms with E-state index in [0.29, 0.717) is 18.9 Å². The van der Waals surface area contributed by atoms with Crippen LogP contribution < -0.4 is 5.32 Å². The Labute approximate surface area is 142 Å². The van der Waals surface area contributed by atoms with E-state index in [0.717, 1.165) is 36.5 Å². The van der Waals surface area contributed by atoms with Crippen LogP contribution in [0.25, 0.3) is 5.82 Å². The first-order chi connectivity index (χ1) is 11.5. The maximum absolute atomic E-state index is 12.7. The van der Waals surface area contributed by atoms with Crippen LogP contribution in [0, 0.1) is 19.3 Å². The largest absolute Gasteiger partial charge is 0.381 e. The van der Waals surface area contributed by atoms with Gasteiger partial charge in [-0.1, -0.05) is 6.92 Å². The number of hydrogen-bond donors (Lipinski definition) is 1. The van der Waals surface area contributed by atoms with Gasteiger partial charge in [0.25, 0.3) is 0 Å². The average Bonchev–Trinajstić information content (AvgIpc) is 2.94. The maximum atomic E-state index is 12.7. The summed E-state index contributed by atoms with van der Waals surface area (Å²) in [5.74, 6) is 0.809. The summed E-state index contributed by atoms with van der Waals surface area (Å²) in [6.45, 7) is 7.31. The molecule has 0 aliphatic carbocycles. The van der Waals surface area contributed by atoms with Gasteiger partial charge in [0, 0.05) is 18.9 Å². The fraction of sp³-hybridized carbons (Fsp3) is 0.500. The second-order valence-electron chi connectivity index (χ2n) is 6.44. The molecule has 0 bridgehead atoms. The molecule has 0 aromatic carbocycles. The second-order valence-corrected chi connectivity index (χ2v) is 6.44. The standard InChI is InChI=1S/C18H24N4O2/c1-4-18(7-9-24-10-8-18)17(23)20-15-5-6-16(19-12-15)22-14(3)11-13(2)21-22/h5-6,11-12H,4,7-10H2,1-3H3,(H,20,23). The minimum absolute atomic E-state index is 0.0639. The lowest BCUT2D eigenvalue weighted by atomic mass is 9.77. The molecule has 128 valence electrons. The Hall–Kier alpha value is -2.21. The van der Waals surface area contributed by atoms with Crippen molar-refractivity contribution in [3.05, 3.63) is 35.8 Å². The van der Waals surface area contributed by atoms with Gasteiger partial charge in [0.2, 0.25) is 5.91 Å². The van der Waals surface area contributed by atoms with E-state index in [1.54, 1.807) is 10.9 Å². The van der Waals surface area contributed by atoms with E-state index in [9.17, 15) is 4.79 Å². The first-order valence-electron chi connectivity index (χ1n) is 8.43. The minimum atomic E-state index is -0.327. The summed E-state index contributed by atoms with van der Waals surface area (Å²) in [4.78, 5) is 17.2. The van der Waals surface area contributed by atoms with Crippen molar-refractivity contribution in [1.29, 1.82) is 0 Å². The Balaban J connectivity index is 1.74. The van der Waals surface area contributed by atoms with Crippen LogP contribution in [0.3, 0.4) is 0 Å². The molecular formula is C18H24N4O2. The summed E-state index contributed by atoms with van der Waals surface area (Å²) >= 11 is 0. The molecule has 0 saturated carbocycles. The van der Waals surface area contributed by atoms with E-state index in [-0.39, 0.29) is 11.3 Å². The number of carbonyl (C=O) groups excluding carboxylic acids is 1. The fourth-order valence-electron chi connectivity index (χ4n) is 3.21. The van der Waals surface area contributed by atoms with Gasteiger partial charge in [-0.25, -0.2) is 9.67 Å². The minimum Gasteiger partial charge on any atom is -0.381 e. The highest BCUT2D eigenvalue weighted by Crippen LogP contribution is 2.35. The van der Waals surface area contributed by atoms with Gasteiger partial charge in [-0.2, -0.15) is 5.10 Å². The van der Waals surface area contributed by atoms with Crippen LogP contribution in [-0.4, -0.2) is 33.9 Å². The first-order valence-corrected chi connectivity index (χ1v) is 8.43. The first kappa shape index (κ1) is 16.6. The number of anilines is 1. The normalized spacial score (nSPS) is 16.8. The topological polar surface area (TPSA) is 69.0 Å². The van der Waals surface area contributed by atoms with Crippen molar-refractivity contribution in [3.8, 4) is 5.82 Å². The second kappa shape index (κ2) is 6.73. The summed E-state index contributed by atoms with van der Waals surface area (Å²) in [5.41, 5.74) is 2.37. The predicted molar refractivity (Wildman–Crippen MR) is 92.2 cm³/mol. The van der Waals surface area contributed by atoms with Crippen LogP contribution >= 0.6 is 0 Å². The molecule has 0 unspecified atom stereocenters. The highest BCUT2D eigenvalue weighted by Gasteiger charge is 2.38. The number of aryl methyl sites for hydroxylation is 2. The predicted octanol–water partition coefficient (Wildman–Crippen LogP) is 3.03. The van der Waals surface area contributed by atoms with Gasteiger partial charge in [-0.3, -0.25) is 4.79 Å². The highest BCUT2D eigenvalue weighted by molar-refractivity contribution is 5.95. The smallest absolute Gasteiger partial charge is 0.230 e. The molecule has 1 saturated heterocycles. The molecule has 0 atom stereocenters. The van der Waals surface area contributed by atoms with Crippen molar-refractivity contribution in [3.63, 3.8) is 0 Å². The zero-order chi connectivity index (χ0) is 17.2. The molecule has 2 aromatic heterocycles. The van der Waals surface area contributed by atoms with E-state index >= 15 is 0 Å². The Kier molecular flexibility index (Phi) is 4.66. The summed E-state index contributed by atoms with van der Waals surface area (Å²) in [5, 5.41) is 7.44. The van der Waals surface area contributed by atoms with Crippen molar-refractivity contribution >= 4 is 11.6 Å². The Morgan fingerprint density at radius 2 is 2.08 bits per heavy atom. The molecule has 1 N–H and O–H groups in total. The van der Waals surface area contributed by atoms with Crippen LogP contribution in [-0.2, 0) is 9.53 Å². The van der Waals surface area contributed by atoms with Gasteiger partial charge < -0.3 is 10.1 Å². The van der Waals surface area contributed by atoms with Crippen LogP contribution in [0.15, 0.2) is 24.4 Å². The van der Waals surface area contributed by atoms with Gasteiger partial charge >= 0.3 is 0 Å². The van der Waals surface area contributed by atoms with E-state index in [1.807, 2.05) is 32.0 Å². The Morgan fingerprint density at radius 1 is 1.33 bits per heavy atom. The molecule has 24 heavy (non-hydrogen) atoms. The van der Waals surface area contributed by atoms with Crippen LogP contribution in [0.2, 0.25) is 0 Å². The molecular weight excluding hydrogens is 304 g/mol. The van der Waals surface area contributed by atoms with Gasteiger partial charge in [0.1, 0.15) is 0 Å². The number of pyridine rings is 1. The lowest BCUT2D eigenvalue weighted by molar-refractivity contribution is -0.131. The van der Waals surface area contributed by atoms with Crippen LogP contribution in [0.4, 0.5) is 5.69 Å². The number of amides is 1. The fourth-order valence-corrected chi connectivity index (χ4v) is 3.21. The molecule has 1 fully saturated rings. The van der Waals surface area contributed by atoms with Crippen molar-refractivity contribution in [2.24, 2.45) is 5.41 Å². The molecule has 2 aromatic rings. The van der Waals surface area contributed by atoms with E-state index in [4.69, 9.17) is 4.74 Å².